The summed E-state index contributed by atoms with van der Waals surface area (Å²) in [5.41, 5.74) is 0. The Bertz CT molecular complexity index is 71.6. The summed E-state index contributed by atoms with van der Waals surface area (Å²) in [5.74, 6) is 0. The molecule has 0 rings (SSSR count). The molecule has 0 aliphatic heterocycles. The zero-order chi connectivity index (χ0) is 6.41. The number of hydrogen-bond donors (Lipinski definition) is 0. The van der Waals surface area contributed by atoms with E-state index in [4.69, 9.17) is 0 Å². The summed E-state index contributed by atoms with van der Waals surface area (Å²) >= 11 is -11.2. The molecule has 0 amide bonds. The molecule has 0 aliphatic carbocycles. The molecule has 0 aromatic rings. The van der Waals surface area contributed by atoms with Gasteiger partial charge in [-0.2, -0.15) is 0 Å². The predicted molar refractivity (Wildman–Crippen MR) is 19.3 cm³/mol. The Morgan fingerprint density at radius 2 is 0.750 bits per heavy atom. The van der Waals surface area contributed by atoms with Crippen LogP contribution in [-0.4, -0.2) is 70.9 Å². The largest absolute Gasteiger partial charge is 1.00 e. The van der Waals surface area contributed by atoms with Gasteiger partial charge in [-0.25, -0.2) is 0 Å². The summed E-state index contributed by atoms with van der Waals surface area (Å²) in [7, 11) is 0. The molecule has 0 fully saturated rings. The van der Waals surface area contributed by atoms with Gasteiger partial charge in [0.25, 0.3) is 0 Å². The quantitative estimate of drug-likeness (QED) is 0.468. The fourth-order valence-electron chi connectivity index (χ4n) is 0. The molecule has 0 aliphatic rings. The molecular formula is HF6KSb. The number of rotatable bonds is 0. The van der Waals surface area contributed by atoms with Crippen LogP contribution >= 0.6 is 0 Å². The predicted octanol–water partition coefficient (Wildman–Crippen LogP) is 1.87. The van der Waals surface area contributed by atoms with Gasteiger partial charge in [-0.1, -0.05) is 0 Å². The van der Waals surface area contributed by atoms with E-state index in [0.717, 1.165) is 0 Å². The van der Waals surface area contributed by atoms with E-state index in [-0.39, 0.29) is 52.8 Å². The molecule has 49 valence electrons. The van der Waals surface area contributed by atoms with E-state index in [2.05, 4.69) is 0 Å². The molecule has 8 heteroatoms. The van der Waals surface area contributed by atoms with Gasteiger partial charge in [0.15, 0.2) is 0 Å². The fourth-order valence-corrected chi connectivity index (χ4v) is 0. The van der Waals surface area contributed by atoms with E-state index < -0.39 is 19.5 Å². The van der Waals surface area contributed by atoms with Gasteiger partial charge in [0.1, 0.15) is 0 Å². The van der Waals surface area contributed by atoms with Crippen molar-refractivity contribution < 1.29 is 18.3 Å². The first-order chi connectivity index (χ1) is 2.45. The van der Waals surface area contributed by atoms with Crippen LogP contribution in [0.5, 0.6) is 0 Å². The zero-order valence-corrected chi connectivity index (χ0v) is 9.39. The second-order valence-electron chi connectivity index (χ2n) is 0.958. The summed E-state index contributed by atoms with van der Waals surface area (Å²) in [5, 5.41) is 0. The van der Waals surface area contributed by atoms with Crippen LogP contribution in [0.3, 0.4) is 0 Å². The minimum absolute atomic E-state index is 0. The van der Waals surface area contributed by atoms with Crippen molar-refractivity contribution in [2.45, 2.75) is 0 Å². The topological polar surface area (TPSA) is 0 Å². The normalized spacial score (nSPS) is 20.2. The van der Waals surface area contributed by atoms with Crippen LogP contribution in [0.25, 0.3) is 0 Å². The van der Waals surface area contributed by atoms with Gasteiger partial charge in [0, 0.05) is 51.4 Å². The zero-order valence-electron chi connectivity index (χ0n) is 4.72. The molecular weight excluding hydrogens is 275 g/mol. The van der Waals surface area contributed by atoms with Crippen molar-refractivity contribution in [3.63, 3.8) is 0 Å². The van der Waals surface area contributed by atoms with Crippen molar-refractivity contribution >= 4 is 70.9 Å². The maximum Gasteiger partial charge on any atom is 1.00 e. The SMILES string of the molecule is [F][Sb-]([F])([F])([F])([F])[F].[H+].[K]. The standard InChI is InChI=1S/6FH.K.Sb/h6*1H;;/q;;;;;;;+5/p-5. The molecule has 0 aromatic heterocycles. The minimum atomic E-state index is -11.2. The molecule has 1 radical (unpaired) electrons. The third-order valence-electron chi connectivity index (χ3n) is 0. The summed E-state index contributed by atoms with van der Waals surface area (Å²) in [6.45, 7) is 0. The van der Waals surface area contributed by atoms with E-state index in [0.29, 0.717) is 0 Å². The van der Waals surface area contributed by atoms with Gasteiger partial charge in [0.05, 0.1) is 0 Å². The molecule has 0 spiro atoms. The van der Waals surface area contributed by atoms with Gasteiger partial charge < -0.3 is 0 Å². The Labute approximate surface area is 87.4 Å². The molecule has 0 saturated carbocycles. The maximum absolute atomic E-state index is 11.2. The van der Waals surface area contributed by atoms with Gasteiger partial charge >= 0.3 is 37.8 Å². The molecule has 0 aromatic carbocycles. The molecule has 0 atom stereocenters. The van der Waals surface area contributed by atoms with E-state index in [1.807, 2.05) is 0 Å². The van der Waals surface area contributed by atoms with Crippen molar-refractivity contribution in [2.24, 2.45) is 0 Å². The third-order valence-corrected chi connectivity index (χ3v) is 0. The van der Waals surface area contributed by atoms with E-state index in [1.165, 1.54) is 0 Å². The van der Waals surface area contributed by atoms with E-state index >= 15 is 0 Å². The summed E-state index contributed by atoms with van der Waals surface area (Å²) in [6.07, 6.45) is 0. The number of halogens is 6. The Morgan fingerprint density at radius 1 is 0.750 bits per heavy atom. The van der Waals surface area contributed by atoms with Crippen LogP contribution in [0.15, 0.2) is 0 Å². The summed E-state index contributed by atoms with van der Waals surface area (Å²) < 4.78 is 59.6. The van der Waals surface area contributed by atoms with Crippen molar-refractivity contribution in [2.75, 3.05) is 0 Å². The molecule has 0 heterocycles. The van der Waals surface area contributed by atoms with Gasteiger partial charge in [-0.3, -0.25) is 0 Å². The fraction of sp³-hybridized carbons (Fsp3) is 0. The Morgan fingerprint density at radius 3 is 0.750 bits per heavy atom. The van der Waals surface area contributed by atoms with Crippen molar-refractivity contribution in [3.8, 4) is 0 Å². The first kappa shape index (κ1) is 12.7. The van der Waals surface area contributed by atoms with Gasteiger partial charge in [0.2, 0.25) is 0 Å². The first-order valence-electron chi connectivity index (χ1n) is 1.01. The summed E-state index contributed by atoms with van der Waals surface area (Å²) in [6, 6.07) is 0. The smallest absolute Gasteiger partial charge is 0 e. The van der Waals surface area contributed by atoms with Gasteiger partial charge in [-0.05, 0) is 0 Å². The summed E-state index contributed by atoms with van der Waals surface area (Å²) in [4.78, 5) is 0. The molecule has 0 N–H and O–H groups in total. The maximum atomic E-state index is 9.93. The second-order valence-corrected chi connectivity index (χ2v) is 6.43. The van der Waals surface area contributed by atoms with E-state index in [1.54, 1.807) is 0 Å². The van der Waals surface area contributed by atoms with Crippen molar-refractivity contribution in [1.29, 1.82) is 0 Å². The third kappa shape index (κ3) is 96.1. The van der Waals surface area contributed by atoms with Crippen LogP contribution in [0.4, 0.5) is 16.9 Å². The van der Waals surface area contributed by atoms with Crippen molar-refractivity contribution in [3.05, 3.63) is 0 Å². The monoisotopic (exact) mass is 275 g/mol. The molecule has 0 unspecified atom stereocenters. The van der Waals surface area contributed by atoms with Crippen LogP contribution in [-0.2, 0) is 0 Å². The van der Waals surface area contributed by atoms with Crippen LogP contribution in [0.1, 0.15) is 1.43 Å². The van der Waals surface area contributed by atoms with E-state index in [9.17, 15) is 16.9 Å². The minimum Gasteiger partial charge on any atom is 0 e. The average Bonchev–Trinajstić information content (AvgIpc) is 0.592. The van der Waals surface area contributed by atoms with Crippen LogP contribution < -0.4 is 0 Å². The van der Waals surface area contributed by atoms with Crippen molar-refractivity contribution in [1.82, 2.24) is 0 Å². The average molecular weight is 276 g/mol. The molecule has 8 heavy (non-hydrogen) atoms. The molecule has 0 bridgehead atoms. The first-order valence-corrected chi connectivity index (χ1v) is 6.80. The number of hydrogen-bond acceptors (Lipinski definition) is 0. The Hall–Kier alpha value is 2.03. The Balaban J connectivity index is -0.000000180. The van der Waals surface area contributed by atoms with Gasteiger partial charge in [-0.15, -0.1) is 0 Å². The van der Waals surface area contributed by atoms with Crippen LogP contribution in [0, 0.1) is 0 Å². The Kier molecular flexibility index (Phi) is 3.19. The molecule has 0 saturated heterocycles. The van der Waals surface area contributed by atoms with Crippen LogP contribution in [0.2, 0.25) is 0 Å². The second kappa shape index (κ2) is 2.01. The molecule has 0 nitrogen and oxygen atoms in total.